The van der Waals surface area contributed by atoms with Gasteiger partial charge in [0.05, 0.1) is 10.2 Å². The summed E-state index contributed by atoms with van der Waals surface area (Å²) < 4.78 is 1.16. The Morgan fingerprint density at radius 1 is 1.00 bits per heavy atom. The minimum absolute atomic E-state index is 0.791. The molecule has 0 saturated carbocycles. The maximum atomic E-state index is 4.72. The van der Waals surface area contributed by atoms with Gasteiger partial charge in [0.1, 0.15) is 5.84 Å². The van der Waals surface area contributed by atoms with E-state index in [4.69, 9.17) is 4.99 Å². The van der Waals surface area contributed by atoms with Gasteiger partial charge >= 0.3 is 0 Å². The second kappa shape index (κ2) is 5.43. The first-order chi connectivity index (χ1) is 9.74. The molecule has 0 aliphatic carbocycles. The van der Waals surface area contributed by atoms with Gasteiger partial charge < -0.3 is 4.90 Å². The number of hydrogen-bond donors (Lipinski definition) is 0. The SMILES string of the molecule is CN(C)C(=Nc1nc2ccccc2s1)c1ccccc1. The summed E-state index contributed by atoms with van der Waals surface area (Å²) in [5.74, 6) is 0.921. The molecule has 0 N–H and O–H groups in total. The normalized spacial score (nSPS) is 11.8. The number of para-hydroxylation sites is 1. The number of thiazole rings is 1. The molecule has 0 aliphatic rings. The molecule has 0 spiro atoms. The standard InChI is InChI=1S/C16H15N3S/c1-19(2)15(12-8-4-3-5-9-12)18-16-17-13-10-6-7-11-14(13)20-16/h3-11H,1-2H3. The van der Waals surface area contributed by atoms with Crippen molar-refractivity contribution in [2.75, 3.05) is 14.1 Å². The highest BCUT2D eigenvalue weighted by Gasteiger charge is 2.08. The maximum absolute atomic E-state index is 4.72. The summed E-state index contributed by atoms with van der Waals surface area (Å²) in [5.41, 5.74) is 2.10. The van der Waals surface area contributed by atoms with Crippen LogP contribution in [0.15, 0.2) is 59.6 Å². The molecule has 0 saturated heterocycles. The second-order valence-corrected chi connectivity index (χ2v) is 5.67. The number of aromatic nitrogens is 1. The third kappa shape index (κ3) is 2.56. The largest absolute Gasteiger partial charge is 0.362 e. The molecular formula is C16H15N3S. The average molecular weight is 281 g/mol. The summed E-state index contributed by atoms with van der Waals surface area (Å²) in [6, 6.07) is 18.3. The Morgan fingerprint density at radius 2 is 1.70 bits per heavy atom. The van der Waals surface area contributed by atoms with Crippen LogP contribution in [0.3, 0.4) is 0 Å². The van der Waals surface area contributed by atoms with E-state index in [1.165, 1.54) is 0 Å². The van der Waals surface area contributed by atoms with Crippen molar-refractivity contribution in [1.29, 1.82) is 0 Å². The molecule has 2 aromatic carbocycles. The van der Waals surface area contributed by atoms with Crippen molar-refractivity contribution in [3.63, 3.8) is 0 Å². The van der Waals surface area contributed by atoms with E-state index in [2.05, 4.69) is 23.2 Å². The van der Waals surface area contributed by atoms with E-state index in [-0.39, 0.29) is 0 Å². The Balaban J connectivity index is 2.07. The zero-order chi connectivity index (χ0) is 13.9. The number of amidine groups is 1. The molecule has 0 aliphatic heterocycles. The third-order valence-electron chi connectivity index (χ3n) is 2.94. The minimum Gasteiger partial charge on any atom is -0.362 e. The predicted molar refractivity (Wildman–Crippen MR) is 85.9 cm³/mol. The number of benzene rings is 2. The van der Waals surface area contributed by atoms with Gasteiger partial charge in [-0.1, -0.05) is 53.8 Å². The lowest BCUT2D eigenvalue weighted by molar-refractivity contribution is 0.624. The fraction of sp³-hybridized carbons (Fsp3) is 0.125. The lowest BCUT2D eigenvalue weighted by Crippen LogP contribution is -2.22. The molecular weight excluding hydrogens is 266 g/mol. The monoisotopic (exact) mass is 281 g/mol. The molecule has 1 aromatic heterocycles. The van der Waals surface area contributed by atoms with E-state index in [9.17, 15) is 0 Å². The van der Waals surface area contributed by atoms with Gasteiger partial charge in [0, 0.05) is 19.7 Å². The Morgan fingerprint density at radius 3 is 2.40 bits per heavy atom. The molecule has 1 heterocycles. The quantitative estimate of drug-likeness (QED) is 0.526. The number of hydrogen-bond acceptors (Lipinski definition) is 3. The summed E-state index contributed by atoms with van der Waals surface area (Å²) in [7, 11) is 4.00. The van der Waals surface area contributed by atoms with Crippen molar-refractivity contribution in [2.45, 2.75) is 0 Å². The minimum atomic E-state index is 0.791. The summed E-state index contributed by atoms with van der Waals surface area (Å²) in [6.45, 7) is 0. The number of nitrogens with zero attached hydrogens (tertiary/aromatic N) is 3. The Bertz CT molecular complexity index is 712. The topological polar surface area (TPSA) is 28.5 Å². The van der Waals surface area contributed by atoms with Crippen molar-refractivity contribution < 1.29 is 0 Å². The molecule has 0 amide bonds. The average Bonchev–Trinajstić information content (AvgIpc) is 2.88. The number of fused-ring (bicyclic) bond motifs is 1. The van der Waals surface area contributed by atoms with Crippen LogP contribution in [0.4, 0.5) is 5.13 Å². The Labute approximate surface area is 122 Å². The van der Waals surface area contributed by atoms with Crippen LogP contribution in [0.5, 0.6) is 0 Å². The molecule has 3 rings (SSSR count). The van der Waals surface area contributed by atoms with Crippen molar-refractivity contribution in [1.82, 2.24) is 9.88 Å². The highest BCUT2D eigenvalue weighted by Crippen LogP contribution is 2.28. The molecule has 100 valence electrons. The summed E-state index contributed by atoms with van der Waals surface area (Å²) >= 11 is 1.61. The van der Waals surface area contributed by atoms with Gasteiger partial charge in [-0.15, -0.1) is 0 Å². The van der Waals surface area contributed by atoms with E-state index < -0.39 is 0 Å². The van der Waals surface area contributed by atoms with Gasteiger partial charge in [0.15, 0.2) is 0 Å². The van der Waals surface area contributed by atoms with Crippen molar-refractivity contribution in [3.8, 4) is 0 Å². The van der Waals surface area contributed by atoms with Crippen molar-refractivity contribution in [3.05, 3.63) is 60.2 Å². The molecule has 0 radical (unpaired) electrons. The zero-order valence-corrected chi connectivity index (χ0v) is 12.3. The summed E-state index contributed by atoms with van der Waals surface area (Å²) in [4.78, 5) is 11.3. The van der Waals surface area contributed by atoms with E-state index in [0.29, 0.717) is 0 Å². The first-order valence-corrected chi connectivity index (χ1v) is 7.23. The fourth-order valence-corrected chi connectivity index (χ4v) is 2.85. The van der Waals surface area contributed by atoms with Crippen LogP contribution in [0.2, 0.25) is 0 Å². The Kier molecular flexibility index (Phi) is 3.48. The van der Waals surface area contributed by atoms with E-state index in [1.54, 1.807) is 11.3 Å². The van der Waals surface area contributed by atoms with Crippen LogP contribution >= 0.6 is 11.3 Å². The van der Waals surface area contributed by atoms with E-state index >= 15 is 0 Å². The lowest BCUT2D eigenvalue weighted by Gasteiger charge is -2.15. The van der Waals surface area contributed by atoms with Crippen LogP contribution in [-0.4, -0.2) is 29.8 Å². The smallest absolute Gasteiger partial charge is 0.212 e. The second-order valence-electron chi connectivity index (χ2n) is 4.66. The van der Waals surface area contributed by atoms with Gasteiger partial charge in [-0.25, -0.2) is 9.98 Å². The molecule has 4 heteroatoms. The molecule has 0 bridgehead atoms. The van der Waals surface area contributed by atoms with E-state index in [1.807, 2.05) is 55.4 Å². The van der Waals surface area contributed by atoms with Crippen LogP contribution in [-0.2, 0) is 0 Å². The third-order valence-corrected chi connectivity index (χ3v) is 3.87. The van der Waals surface area contributed by atoms with Crippen LogP contribution in [0.1, 0.15) is 5.56 Å². The fourth-order valence-electron chi connectivity index (χ4n) is 2.01. The van der Waals surface area contributed by atoms with Crippen LogP contribution in [0, 0.1) is 0 Å². The first-order valence-electron chi connectivity index (χ1n) is 6.41. The molecule has 20 heavy (non-hydrogen) atoms. The molecule has 0 unspecified atom stereocenters. The summed E-state index contributed by atoms with van der Waals surface area (Å²) in [5, 5.41) is 0.791. The van der Waals surface area contributed by atoms with Crippen molar-refractivity contribution in [2.24, 2.45) is 4.99 Å². The zero-order valence-electron chi connectivity index (χ0n) is 11.4. The Hall–Kier alpha value is -2.20. The van der Waals surface area contributed by atoms with Crippen LogP contribution in [0.25, 0.3) is 10.2 Å². The van der Waals surface area contributed by atoms with Crippen molar-refractivity contribution >= 4 is 32.5 Å². The van der Waals surface area contributed by atoms with Gasteiger partial charge in [-0.3, -0.25) is 0 Å². The molecule has 3 aromatic rings. The molecule has 0 atom stereocenters. The predicted octanol–water partition coefficient (Wildman–Crippen LogP) is 3.94. The summed E-state index contributed by atoms with van der Waals surface area (Å²) in [6.07, 6.45) is 0. The number of rotatable bonds is 2. The van der Waals surface area contributed by atoms with E-state index in [0.717, 1.165) is 26.7 Å². The maximum Gasteiger partial charge on any atom is 0.212 e. The molecule has 0 fully saturated rings. The van der Waals surface area contributed by atoms with Gasteiger partial charge in [0.2, 0.25) is 5.13 Å². The van der Waals surface area contributed by atoms with Crippen LogP contribution < -0.4 is 0 Å². The van der Waals surface area contributed by atoms with Gasteiger partial charge in [0.25, 0.3) is 0 Å². The number of aliphatic imine (C=N–C) groups is 1. The van der Waals surface area contributed by atoms with Gasteiger partial charge in [-0.2, -0.15) is 0 Å². The van der Waals surface area contributed by atoms with Gasteiger partial charge in [-0.05, 0) is 12.1 Å². The molecule has 3 nitrogen and oxygen atoms in total. The highest BCUT2D eigenvalue weighted by molar-refractivity contribution is 7.22. The first kappa shape index (κ1) is 12.8. The highest BCUT2D eigenvalue weighted by atomic mass is 32.1. The lowest BCUT2D eigenvalue weighted by atomic mass is 10.2.